The summed E-state index contributed by atoms with van der Waals surface area (Å²) < 4.78 is 0. The van der Waals surface area contributed by atoms with Gasteiger partial charge in [-0.05, 0) is 36.5 Å². The highest BCUT2D eigenvalue weighted by molar-refractivity contribution is 5.89. The number of carbonyl (C=O) groups is 1. The largest absolute Gasteiger partial charge is 0.389 e. The maximum absolute atomic E-state index is 11.7. The molecule has 106 valence electrons. The number of anilines is 1. The predicted octanol–water partition coefficient (Wildman–Crippen LogP) is 3.30. The minimum atomic E-state index is -0.536. The summed E-state index contributed by atoms with van der Waals surface area (Å²) in [7, 11) is 0. The van der Waals surface area contributed by atoms with Gasteiger partial charge in [0.05, 0.1) is 6.10 Å². The summed E-state index contributed by atoms with van der Waals surface area (Å²) in [4.78, 5) is 11.7. The van der Waals surface area contributed by atoms with Crippen molar-refractivity contribution in [3.8, 4) is 0 Å². The van der Waals surface area contributed by atoms with Gasteiger partial charge in [-0.15, -0.1) is 0 Å². The molecule has 0 aliphatic rings. The highest BCUT2D eigenvalue weighted by Gasteiger charge is 2.10. The lowest BCUT2D eigenvalue weighted by atomic mass is 9.92. The average Bonchev–Trinajstić information content (AvgIpc) is 2.27. The van der Waals surface area contributed by atoms with Crippen LogP contribution in [-0.4, -0.2) is 17.7 Å². The Morgan fingerprint density at radius 1 is 1.37 bits per heavy atom. The van der Waals surface area contributed by atoms with Crippen LogP contribution in [0.2, 0.25) is 0 Å². The molecule has 0 aliphatic heterocycles. The summed E-state index contributed by atoms with van der Waals surface area (Å²) in [5.74, 6) is 0. The average molecular weight is 264 g/mol. The van der Waals surface area contributed by atoms with E-state index in [9.17, 15) is 9.90 Å². The molecule has 0 spiro atoms. The van der Waals surface area contributed by atoms with Crippen molar-refractivity contribution in [2.24, 2.45) is 5.41 Å². The molecule has 1 atom stereocenters. The molecular weight excluding hydrogens is 240 g/mol. The number of amides is 2. The number of aliphatic hydroxyl groups is 1. The van der Waals surface area contributed by atoms with Crippen molar-refractivity contribution in [2.45, 2.75) is 40.2 Å². The Hall–Kier alpha value is -1.55. The van der Waals surface area contributed by atoms with Gasteiger partial charge >= 0.3 is 6.03 Å². The second-order valence-corrected chi connectivity index (χ2v) is 5.99. The molecule has 0 aromatic heterocycles. The van der Waals surface area contributed by atoms with E-state index in [1.165, 1.54) is 0 Å². The third-order valence-electron chi connectivity index (χ3n) is 2.79. The van der Waals surface area contributed by atoms with Crippen LogP contribution in [0.1, 0.15) is 45.8 Å². The maximum atomic E-state index is 11.7. The molecule has 3 N–H and O–H groups in total. The topological polar surface area (TPSA) is 61.4 Å². The number of benzene rings is 1. The van der Waals surface area contributed by atoms with Crippen molar-refractivity contribution in [1.29, 1.82) is 0 Å². The van der Waals surface area contributed by atoms with Crippen LogP contribution in [-0.2, 0) is 0 Å². The SMILES string of the molecule is CC(O)c1cccc(NC(=O)NCCC(C)(C)C)c1. The van der Waals surface area contributed by atoms with Crippen molar-refractivity contribution in [2.75, 3.05) is 11.9 Å². The van der Waals surface area contributed by atoms with E-state index in [0.717, 1.165) is 12.0 Å². The zero-order chi connectivity index (χ0) is 14.5. The number of carbonyl (C=O) groups excluding carboxylic acids is 1. The lowest BCUT2D eigenvalue weighted by molar-refractivity contribution is 0.199. The molecule has 0 saturated heterocycles. The molecule has 1 unspecified atom stereocenters. The standard InChI is InChI=1S/C15H24N2O2/c1-11(18)12-6-5-7-13(10-12)17-14(19)16-9-8-15(2,3)4/h5-7,10-11,18H,8-9H2,1-4H3,(H2,16,17,19). The van der Waals surface area contributed by atoms with Crippen LogP contribution < -0.4 is 10.6 Å². The van der Waals surface area contributed by atoms with Crippen LogP contribution >= 0.6 is 0 Å². The fourth-order valence-corrected chi connectivity index (χ4v) is 1.60. The van der Waals surface area contributed by atoms with Crippen molar-refractivity contribution in [3.05, 3.63) is 29.8 Å². The monoisotopic (exact) mass is 264 g/mol. The van der Waals surface area contributed by atoms with Gasteiger partial charge in [0.1, 0.15) is 0 Å². The quantitative estimate of drug-likeness (QED) is 0.781. The predicted molar refractivity (Wildman–Crippen MR) is 78.2 cm³/mol. The minimum Gasteiger partial charge on any atom is -0.389 e. The van der Waals surface area contributed by atoms with Gasteiger partial charge in [0, 0.05) is 12.2 Å². The zero-order valence-corrected chi connectivity index (χ0v) is 12.2. The molecule has 0 fully saturated rings. The maximum Gasteiger partial charge on any atom is 0.319 e. The van der Waals surface area contributed by atoms with Crippen molar-refractivity contribution >= 4 is 11.7 Å². The number of aliphatic hydroxyl groups excluding tert-OH is 1. The van der Waals surface area contributed by atoms with Crippen LogP contribution in [0.25, 0.3) is 0 Å². The number of hydrogen-bond acceptors (Lipinski definition) is 2. The number of hydrogen-bond donors (Lipinski definition) is 3. The first-order valence-corrected chi connectivity index (χ1v) is 6.61. The molecule has 4 heteroatoms. The van der Waals surface area contributed by atoms with Gasteiger partial charge in [-0.1, -0.05) is 32.9 Å². The van der Waals surface area contributed by atoms with E-state index >= 15 is 0 Å². The highest BCUT2D eigenvalue weighted by atomic mass is 16.3. The summed E-state index contributed by atoms with van der Waals surface area (Å²) in [6, 6.07) is 7.00. The summed E-state index contributed by atoms with van der Waals surface area (Å²) in [6.07, 6.45) is 0.388. The summed E-state index contributed by atoms with van der Waals surface area (Å²) in [5.41, 5.74) is 1.68. The Bertz CT molecular complexity index is 422. The van der Waals surface area contributed by atoms with Gasteiger partial charge in [-0.25, -0.2) is 4.79 Å². The molecule has 2 amide bonds. The van der Waals surface area contributed by atoms with Gasteiger partial charge in [-0.2, -0.15) is 0 Å². The van der Waals surface area contributed by atoms with Crippen LogP contribution in [0.15, 0.2) is 24.3 Å². The van der Waals surface area contributed by atoms with Crippen molar-refractivity contribution < 1.29 is 9.90 Å². The van der Waals surface area contributed by atoms with Crippen LogP contribution in [0, 0.1) is 5.41 Å². The van der Waals surface area contributed by atoms with E-state index in [1.807, 2.05) is 12.1 Å². The first-order valence-electron chi connectivity index (χ1n) is 6.61. The van der Waals surface area contributed by atoms with E-state index in [-0.39, 0.29) is 11.4 Å². The molecule has 1 aromatic rings. The van der Waals surface area contributed by atoms with E-state index < -0.39 is 6.10 Å². The Labute approximate surface area is 115 Å². The van der Waals surface area contributed by atoms with Gasteiger partial charge in [0.15, 0.2) is 0 Å². The second kappa shape index (κ2) is 6.57. The summed E-state index contributed by atoms with van der Waals surface area (Å²) in [6.45, 7) is 8.75. The van der Waals surface area contributed by atoms with Crippen molar-refractivity contribution in [3.63, 3.8) is 0 Å². The fourth-order valence-electron chi connectivity index (χ4n) is 1.60. The molecule has 19 heavy (non-hydrogen) atoms. The smallest absolute Gasteiger partial charge is 0.319 e. The lowest BCUT2D eigenvalue weighted by Crippen LogP contribution is -2.31. The molecule has 1 aromatic carbocycles. The Balaban J connectivity index is 2.46. The van der Waals surface area contributed by atoms with E-state index in [1.54, 1.807) is 19.1 Å². The van der Waals surface area contributed by atoms with Crippen LogP contribution in [0.4, 0.5) is 10.5 Å². The van der Waals surface area contributed by atoms with Gasteiger partial charge < -0.3 is 15.7 Å². The van der Waals surface area contributed by atoms with Gasteiger partial charge in [0.2, 0.25) is 0 Å². The molecule has 0 radical (unpaired) electrons. The normalized spacial score (nSPS) is 12.9. The molecular formula is C15H24N2O2. The molecule has 0 bridgehead atoms. The first-order chi connectivity index (χ1) is 8.78. The molecule has 4 nitrogen and oxygen atoms in total. The zero-order valence-electron chi connectivity index (χ0n) is 12.2. The molecule has 0 aliphatic carbocycles. The molecule has 1 rings (SSSR count). The highest BCUT2D eigenvalue weighted by Crippen LogP contribution is 2.18. The Morgan fingerprint density at radius 2 is 2.05 bits per heavy atom. The summed E-state index contributed by atoms with van der Waals surface area (Å²) >= 11 is 0. The van der Waals surface area contributed by atoms with Gasteiger partial charge in [-0.3, -0.25) is 0 Å². The van der Waals surface area contributed by atoms with Crippen molar-refractivity contribution in [1.82, 2.24) is 5.32 Å². The Morgan fingerprint density at radius 3 is 2.63 bits per heavy atom. The van der Waals surface area contributed by atoms with E-state index in [4.69, 9.17) is 0 Å². The molecule has 0 saturated carbocycles. The number of nitrogens with one attached hydrogen (secondary N) is 2. The van der Waals surface area contributed by atoms with Crippen LogP contribution in [0.3, 0.4) is 0 Å². The van der Waals surface area contributed by atoms with Crippen LogP contribution in [0.5, 0.6) is 0 Å². The number of rotatable bonds is 4. The third kappa shape index (κ3) is 6.25. The molecule has 0 heterocycles. The fraction of sp³-hybridized carbons (Fsp3) is 0.533. The van der Waals surface area contributed by atoms with E-state index in [0.29, 0.717) is 12.2 Å². The summed E-state index contributed by atoms with van der Waals surface area (Å²) in [5, 5.41) is 15.1. The third-order valence-corrected chi connectivity index (χ3v) is 2.79. The first kappa shape index (κ1) is 15.5. The Kier molecular flexibility index (Phi) is 5.36. The van der Waals surface area contributed by atoms with E-state index in [2.05, 4.69) is 31.4 Å². The minimum absolute atomic E-state index is 0.208. The van der Waals surface area contributed by atoms with Gasteiger partial charge in [0.25, 0.3) is 0 Å². The second-order valence-electron chi connectivity index (χ2n) is 5.99. The number of urea groups is 1. The lowest BCUT2D eigenvalue weighted by Gasteiger charge is -2.18.